The van der Waals surface area contributed by atoms with Crippen LogP contribution in [0.15, 0.2) is 12.1 Å². The van der Waals surface area contributed by atoms with Crippen molar-refractivity contribution in [1.29, 1.82) is 5.26 Å². The molecule has 0 aliphatic carbocycles. The molecule has 0 saturated heterocycles. The number of nitrogens with zero attached hydrogens (tertiary/aromatic N) is 2. The van der Waals surface area contributed by atoms with Crippen molar-refractivity contribution in [2.75, 3.05) is 11.9 Å². The Morgan fingerprint density at radius 1 is 1.57 bits per heavy atom. The number of hydrogen-bond donors (Lipinski definition) is 1. The molecule has 0 spiro atoms. The number of rotatable bonds is 3. The van der Waals surface area contributed by atoms with Crippen LogP contribution in [0.4, 0.5) is 14.6 Å². The van der Waals surface area contributed by atoms with E-state index in [4.69, 9.17) is 5.26 Å². The first-order valence-electron chi connectivity index (χ1n) is 4.03. The average molecular weight is 197 g/mol. The van der Waals surface area contributed by atoms with Crippen LogP contribution in [-0.4, -0.2) is 18.0 Å². The highest BCUT2D eigenvalue weighted by atomic mass is 19.3. The fourth-order valence-electron chi connectivity index (χ4n) is 0.922. The number of pyridine rings is 1. The zero-order valence-corrected chi connectivity index (χ0v) is 7.59. The first kappa shape index (κ1) is 10.4. The molecule has 0 aromatic carbocycles. The number of nitriles is 1. The summed E-state index contributed by atoms with van der Waals surface area (Å²) in [4.78, 5) is 3.86. The molecule has 14 heavy (non-hydrogen) atoms. The van der Waals surface area contributed by atoms with Crippen molar-refractivity contribution < 1.29 is 8.78 Å². The highest BCUT2D eigenvalue weighted by Crippen LogP contribution is 2.09. The Morgan fingerprint density at radius 2 is 2.29 bits per heavy atom. The van der Waals surface area contributed by atoms with Crippen LogP contribution in [0.25, 0.3) is 0 Å². The number of hydrogen-bond acceptors (Lipinski definition) is 3. The normalized spacial score (nSPS) is 9.93. The molecule has 0 aliphatic rings. The number of halogens is 2. The molecule has 1 aromatic rings. The molecule has 0 atom stereocenters. The summed E-state index contributed by atoms with van der Waals surface area (Å²) in [7, 11) is 0. The summed E-state index contributed by atoms with van der Waals surface area (Å²) < 4.78 is 23.7. The zero-order chi connectivity index (χ0) is 10.6. The Labute approximate surface area is 80.4 Å². The lowest BCUT2D eigenvalue weighted by Gasteiger charge is -2.05. The number of anilines is 1. The van der Waals surface area contributed by atoms with Crippen molar-refractivity contribution >= 4 is 5.82 Å². The molecule has 5 heteroatoms. The van der Waals surface area contributed by atoms with Crippen molar-refractivity contribution in [2.24, 2.45) is 0 Å². The van der Waals surface area contributed by atoms with Gasteiger partial charge in [-0.25, -0.2) is 13.8 Å². The van der Waals surface area contributed by atoms with Gasteiger partial charge in [0.2, 0.25) is 0 Å². The van der Waals surface area contributed by atoms with Gasteiger partial charge in [-0.3, -0.25) is 0 Å². The molecule has 0 bridgehead atoms. The molecule has 74 valence electrons. The third-order valence-electron chi connectivity index (χ3n) is 1.64. The maximum Gasteiger partial charge on any atom is 0.255 e. The van der Waals surface area contributed by atoms with E-state index in [9.17, 15) is 8.78 Å². The van der Waals surface area contributed by atoms with Gasteiger partial charge in [0.05, 0.1) is 6.54 Å². The van der Waals surface area contributed by atoms with Crippen LogP contribution in [0, 0.1) is 18.3 Å². The van der Waals surface area contributed by atoms with Crippen molar-refractivity contribution in [3.63, 3.8) is 0 Å². The lowest BCUT2D eigenvalue weighted by atomic mass is 10.2. The van der Waals surface area contributed by atoms with Crippen LogP contribution >= 0.6 is 0 Å². The van der Waals surface area contributed by atoms with Gasteiger partial charge in [0, 0.05) is 0 Å². The van der Waals surface area contributed by atoms with Crippen molar-refractivity contribution in [1.82, 2.24) is 4.98 Å². The minimum Gasteiger partial charge on any atom is -0.364 e. The maximum atomic E-state index is 11.8. The fourth-order valence-corrected chi connectivity index (χ4v) is 0.922. The minimum atomic E-state index is -2.43. The van der Waals surface area contributed by atoms with E-state index in [1.54, 1.807) is 19.1 Å². The zero-order valence-electron chi connectivity index (χ0n) is 7.59. The third-order valence-corrected chi connectivity index (χ3v) is 1.64. The molecule has 0 fully saturated rings. The SMILES string of the molecule is Cc1ccc(NCC(F)F)nc1C#N. The van der Waals surface area contributed by atoms with Gasteiger partial charge in [-0.15, -0.1) is 0 Å². The molecule has 0 unspecified atom stereocenters. The Morgan fingerprint density at radius 3 is 2.86 bits per heavy atom. The Balaban J connectivity index is 2.76. The van der Waals surface area contributed by atoms with Gasteiger partial charge in [-0.1, -0.05) is 6.07 Å². The van der Waals surface area contributed by atoms with Crippen molar-refractivity contribution in [3.8, 4) is 6.07 Å². The molecular weight excluding hydrogens is 188 g/mol. The molecule has 1 N–H and O–H groups in total. The van der Waals surface area contributed by atoms with Crippen LogP contribution in [0.3, 0.4) is 0 Å². The molecule has 0 radical (unpaired) electrons. The van der Waals surface area contributed by atoms with Gasteiger partial charge < -0.3 is 5.32 Å². The smallest absolute Gasteiger partial charge is 0.255 e. The van der Waals surface area contributed by atoms with E-state index in [0.29, 0.717) is 5.82 Å². The molecule has 1 heterocycles. The molecule has 0 saturated carbocycles. The summed E-state index contributed by atoms with van der Waals surface area (Å²) >= 11 is 0. The summed E-state index contributed by atoms with van der Waals surface area (Å²) in [5, 5.41) is 11.1. The maximum absolute atomic E-state index is 11.8. The largest absolute Gasteiger partial charge is 0.364 e. The second-order valence-corrected chi connectivity index (χ2v) is 2.75. The lowest BCUT2D eigenvalue weighted by Crippen LogP contribution is -2.11. The molecule has 3 nitrogen and oxygen atoms in total. The van der Waals surface area contributed by atoms with Gasteiger partial charge in [-0.2, -0.15) is 5.26 Å². The average Bonchev–Trinajstić information content (AvgIpc) is 2.16. The summed E-state index contributed by atoms with van der Waals surface area (Å²) in [6.45, 7) is 1.28. The number of alkyl halides is 2. The first-order chi connectivity index (χ1) is 6.63. The Kier molecular flexibility index (Phi) is 3.35. The molecule has 1 rings (SSSR count). The van der Waals surface area contributed by atoms with Crippen LogP contribution in [0.5, 0.6) is 0 Å². The second kappa shape index (κ2) is 4.51. The van der Waals surface area contributed by atoms with E-state index in [2.05, 4.69) is 10.3 Å². The van der Waals surface area contributed by atoms with Crippen molar-refractivity contribution in [2.45, 2.75) is 13.3 Å². The number of nitrogens with one attached hydrogen (secondary N) is 1. The number of aromatic nitrogens is 1. The van der Waals surface area contributed by atoms with Gasteiger partial charge in [0.1, 0.15) is 17.6 Å². The minimum absolute atomic E-state index is 0.254. The predicted octanol–water partition coefficient (Wildman–Crippen LogP) is 1.94. The van der Waals surface area contributed by atoms with Crippen LogP contribution in [0.1, 0.15) is 11.3 Å². The second-order valence-electron chi connectivity index (χ2n) is 2.75. The monoisotopic (exact) mass is 197 g/mol. The summed E-state index contributed by atoms with van der Waals surface area (Å²) in [6.07, 6.45) is -2.43. The molecule has 0 amide bonds. The predicted molar refractivity (Wildman–Crippen MR) is 48.2 cm³/mol. The Hall–Kier alpha value is -1.70. The van der Waals surface area contributed by atoms with E-state index in [1.165, 1.54) is 0 Å². The number of aryl methyl sites for hydroxylation is 1. The van der Waals surface area contributed by atoms with Crippen LogP contribution in [0.2, 0.25) is 0 Å². The molecule has 1 aromatic heterocycles. The molecule has 0 aliphatic heterocycles. The van der Waals surface area contributed by atoms with Crippen molar-refractivity contribution in [3.05, 3.63) is 23.4 Å². The Bertz CT molecular complexity index is 358. The quantitative estimate of drug-likeness (QED) is 0.805. The standard InChI is InChI=1S/C9H9F2N3/c1-6-2-3-9(13-5-8(10)11)14-7(6)4-12/h2-3,8H,5H2,1H3,(H,13,14). The van der Waals surface area contributed by atoms with E-state index >= 15 is 0 Å². The highest BCUT2D eigenvalue weighted by Gasteiger charge is 2.04. The fraction of sp³-hybridized carbons (Fsp3) is 0.333. The van der Waals surface area contributed by atoms with E-state index in [1.807, 2.05) is 6.07 Å². The first-order valence-corrected chi connectivity index (χ1v) is 4.03. The summed E-state index contributed by atoms with van der Waals surface area (Å²) in [5.74, 6) is 0.299. The van der Waals surface area contributed by atoms with Gasteiger partial charge in [-0.05, 0) is 18.6 Å². The van der Waals surface area contributed by atoms with E-state index in [0.717, 1.165) is 5.56 Å². The third kappa shape index (κ3) is 2.66. The van der Waals surface area contributed by atoms with Gasteiger partial charge >= 0.3 is 0 Å². The van der Waals surface area contributed by atoms with E-state index < -0.39 is 13.0 Å². The van der Waals surface area contributed by atoms with Crippen LogP contribution in [-0.2, 0) is 0 Å². The van der Waals surface area contributed by atoms with Crippen LogP contribution < -0.4 is 5.32 Å². The summed E-state index contributed by atoms with van der Waals surface area (Å²) in [5.41, 5.74) is 0.986. The lowest BCUT2D eigenvalue weighted by molar-refractivity contribution is 0.163. The topological polar surface area (TPSA) is 48.7 Å². The highest BCUT2D eigenvalue weighted by molar-refractivity contribution is 5.42. The van der Waals surface area contributed by atoms with Gasteiger partial charge in [0.25, 0.3) is 6.43 Å². The van der Waals surface area contributed by atoms with E-state index in [-0.39, 0.29) is 5.69 Å². The summed E-state index contributed by atoms with van der Waals surface area (Å²) in [6, 6.07) is 5.12. The van der Waals surface area contributed by atoms with Gasteiger partial charge in [0.15, 0.2) is 0 Å². The molecular formula is C9H9F2N3.